The Morgan fingerprint density at radius 2 is 1.85 bits per heavy atom. The number of ketones is 1. The minimum atomic E-state index is -0.302. The molecular weight excluding hydrogens is 290 g/mol. The summed E-state index contributed by atoms with van der Waals surface area (Å²) >= 11 is 7.63. The zero-order valence-corrected chi connectivity index (χ0v) is 12.2. The van der Waals surface area contributed by atoms with E-state index in [1.54, 1.807) is 6.07 Å². The number of hydrogen-bond donors (Lipinski definition) is 1. The number of benzene rings is 2. The minimum absolute atomic E-state index is 0.0927. The van der Waals surface area contributed by atoms with Gasteiger partial charge in [-0.25, -0.2) is 0 Å². The fourth-order valence-corrected chi connectivity index (χ4v) is 3.45. The van der Waals surface area contributed by atoms with E-state index in [9.17, 15) is 4.79 Å². The molecule has 100 valence electrons. The van der Waals surface area contributed by atoms with E-state index in [-0.39, 0.29) is 11.0 Å². The third kappa shape index (κ3) is 2.35. The first-order valence-corrected chi connectivity index (χ1v) is 7.43. The molecule has 0 aromatic heterocycles. The molecule has 0 radical (unpaired) electrons. The second-order valence-corrected chi connectivity index (χ2v) is 6.04. The third-order valence-electron chi connectivity index (χ3n) is 3.12. The summed E-state index contributed by atoms with van der Waals surface area (Å²) in [7, 11) is 0. The molecular formula is C16H12ClNOS. The largest absolute Gasteiger partial charge is 0.357 e. The number of anilines is 1. The van der Waals surface area contributed by atoms with Crippen molar-refractivity contribution in [1.29, 1.82) is 0 Å². The van der Waals surface area contributed by atoms with E-state index in [1.807, 2.05) is 42.5 Å². The second kappa shape index (κ2) is 5.35. The van der Waals surface area contributed by atoms with Crippen molar-refractivity contribution in [3.8, 4) is 0 Å². The summed E-state index contributed by atoms with van der Waals surface area (Å²) in [4.78, 5) is 13.4. The fourth-order valence-electron chi connectivity index (χ4n) is 2.13. The number of carbonyl (C=O) groups is 1. The van der Waals surface area contributed by atoms with Crippen molar-refractivity contribution in [2.45, 2.75) is 10.1 Å². The van der Waals surface area contributed by atoms with Crippen LogP contribution in [0.4, 0.5) is 5.69 Å². The Labute approximate surface area is 126 Å². The number of thioether (sulfide) groups is 1. The molecule has 20 heavy (non-hydrogen) atoms. The highest BCUT2D eigenvalue weighted by atomic mass is 35.5. The van der Waals surface area contributed by atoms with Crippen LogP contribution in [0.2, 0.25) is 5.02 Å². The first kappa shape index (κ1) is 13.3. The lowest BCUT2D eigenvalue weighted by molar-refractivity contribution is 0.100. The van der Waals surface area contributed by atoms with E-state index in [2.05, 4.69) is 11.9 Å². The number of rotatable bonds is 3. The van der Waals surface area contributed by atoms with Crippen molar-refractivity contribution in [2.24, 2.45) is 0 Å². The molecule has 2 nitrogen and oxygen atoms in total. The first-order valence-electron chi connectivity index (χ1n) is 6.17. The number of hydrogen-bond acceptors (Lipinski definition) is 3. The highest BCUT2D eigenvalue weighted by molar-refractivity contribution is 8.01. The van der Waals surface area contributed by atoms with Crippen LogP contribution in [0.1, 0.15) is 10.4 Å². The molecule has 1 heterocycles. The number of para-hydroxylation sites is 1. The Morgan fingerprint density at radius 3 is 2.60 bits per heavy atom. The van der Waals surface area contributed by atoms with Crippen LogP contribution in [0.5, 0.6) is 0 Å². The van der Waals surface area contributed by atoms with Gasteiger partial charge >= 0.3 is 0 Å². The Morgan fingerprint density at radius 1 is 1.15 bits per heavy atom. The lowest BCUT2D eigenvalue weighted by atomic mass is 10.1. The molecule has 1 N–H and O–H groups in total. The van der Waals surface area contributed by atoms with Crippen LogP contribution in [0.15, 0.2) is 65.7 Å². The number of fused-ring (bicyclic) bond motifs is 1. The maximum absolute atomic E-state index is 12.4. The molecule has 0 unspecified atom stereocenters. The van der Waals surface area contributed by atoms with Crippen LogP contribution in [0.3, 0.4) is 0 Å². The van der Waals surface area contributed by atoms with E-state index in [0.717, 1.165) is 16.1 Å². The lowest BCUT2D eigenvalue weighted by Crippen LogP contribution is -2.19. The van der Waals surface area contributed by atoms with Gasteiger partial charge in [-0.1, -0.05) is 48.5 Å². The average molecular weight is 302 g/mol. The molecule has 0 spiro atoms. The van der Waals surface area contributed by atoms with Gasteiger partial charge in [0.1, 0.15) is 5.25 Å². The predicted octanol–water partition coefficient (Wildman–Crippen LogP) is 4.62. The zero-order chi connectivity index (χ0) is 14.1. The van der Waals surface area contributed by atoms with Crippen LogP contribution in [-0.4, -0.2) is 11.0 Å². The van der Waals surface area contributed by atoms with Crippen molar-refractivity contribution < 1.29 is 4.79 Å². The number of carbonyl (C=O) groups excluding carboxylic acids is 1. The molecule has 0 bridgehead atoms. The molecule has 0 saturated carbocycles. The third-order valence-corrected chi connectivity index (χ3v) is 4.79. The van der Waals surface area contributed by atoms with Crippen molar-refractivity contribution >= 4 is 34.8 Å². The van der Waals surface area contributed by atoms with Crippen LogP contribution < -0.4 is 5.32 Å². The molecule has 2 aromatic carbocycles. The molecule has 0 aliphatic carbocycles. The van der Waals surface area contributed by atoms with Gasteiger partial charge in [0.2, 0.25) is 0 Å². The normalized spacial score (nSPS) is 16.9. The van der Waals surface area contributed by atoms with E-state index < -0.39 is 0 Å². The molecule has 2 aromatic rings. The predicted molar refractivity (Wildman–Crippen MR) is 84.6 cm³/mol. The van der Waals surface area contributed by atoms with E-state index in [0.29, 0.717) is 10.7 Å². The van der Waals surface area contributed by atoms with Gasteiger partial charge in [-0.15, -0.1) is 11.8 Å². The Kier molecular flexibility index (Phi) is 3.55. The van der Waals surface area contributed by atoms with Gasteiger partial charge in [0.15, 0.2) is 5.78 Å². The van der Waals surface area contributed by atoms with Crippen LogP contribution >= 0.6 is 23.4 Å². The number of halogens is 1. The standard InChI is InChI=1S/C16H12ClNOS/c1-10(18-13-8-4-3-7-12(13)17)16-15(19)11-6-2-5-9-14(11)20-16/h2-9,16,18H,1H2/t16-/m0/s1. The van der Waals surface area contributed by atoms with Crippen molar-refractivity contribution in [3.05, 3.63) is 71.4 Å². The van der Waals surface area contributed by atoms with Crippen molar-refractivity contribution in [2.75, 3.05) is 5.32 Å². The van der Waals surface area contributed by atoms with Gasteiger partial charge in [0.25, 0.3) is 0 Å². The average Bonchev–Trinajstić information content (AvgIpc) is 2.79. The Hall–Kier alpha value is -1.71. The van der Waals surface area contributed by atoms with Gasteiger partial charge in [-0.2, -0.15) is 0 Å². The van der Waals surface area contributed by atoms with Gasteiger partial charge in [-0.05, 0) is 18.2 Å². The second-order valence-electron chi connectivity index (χ2n) is 4.49. The van der Waals surface area contributed by atoms with Crippen molar-refractivity contribution in [1.82, 2.24) is 0 Å². The minimum Gasteiger partial charge on any atom is -0.357 e. The summed E-state index contributed by atoms with van der Waals surface area (Å²) in [5.41, 5.74) is 2.19. The molecule has 0 fully saturated rings. The van der Waals surface area contributed by atoms with E-state index >= 15 is 0 Å². The lowest BCUT2D eigenvalue weighted by Gasteiger charge is -2.15. The van der Waals surface area contributed by atoms with Crippen molar-refractivity contribution in [3.63, 3.8) is 0 Å². The highest BCUT2D eigenvalue weighted by Crippen LogP contribution is 2.40. The summed E-state index contributed by atoms with van der Waals surface area (Å²) in [6.45, 7) is 4.00. The van der Waals surface area contributed by atoms with Gasteiger partial charge in [0.05, 0.1) is 10.7 Å². The first-order chi connectivity index (χ1) is 9.66. The summed E-state index contributed by atoms with van der Waals surface area (Å²) in [5, 5.41) is 3.46. The number of nitrogens with one attached hydrogen (secondary N) is 1. The summed E-state index contributed by atoms with van der Waals surface area (Å²) in [6, 6.07) is 15.0. The summed E-state index contributed by atoms with van der Waals surface area (Å²) < 4.78 is 0. The monoisotopic (exact) mass is 301 g/mol. The quantitative estimate of drug-likeness (QED) is 0.896. The van der Waals surface area contributed by atoms with Gasteiger partial charge in [0, 0.05) is 16.2 Å². The maximum Gasteiger partial charge on any atom is 0.183 e. The Balaban J connectivity index is 1.81. The van der Waals surface area contributed by atoms with Crippen LogP contribution in [0.25, 0.3) is 0 Å². The maximum atomic E-state index is 12.4. The summed E-state index contributed by atoms with van der Waals surface area (Å²) in [6.07, 6.45) is 0. The smallest absolute Gasteiger partial charge is 0.183 e. The molecule has 1 atom stereocenters. The van der Waals surface area contributed by atoms with E-state index in [4.69, 9.17) is 11.6 Å². The van der Waals surface area contributed by atoms with Gasteiger partial charge in [-0.3, -0.25) is 4.79 Å². The number of Topliss-reactive ketones (excluding diaryl/α,β-unsaturated/α-hetero) is 1. The molecule has 4 heteroatoms. The fraction of sp³-hybridized carbons (Fsp3) is 0.0625. The molecule has 1 aliphatic heterocycles. The molecule has 0 amide bonds. The van der Waals surface area contributed by atoms with Gasteiger partial charge < -0.3 is 5.32 Å². The topological polar surface area (TPSA) is 29.1 Å². The molecule has 0 saturated heterocycles. The molecule has 3 rings (SSSR count). The van der Waals surface area contributed by atoms with Crippen LogP contribution in [0, 0.1) is 0 Å². The zero-order valence-electron chi connectivity index (χ0n) is 10.6. The Bertz CT molecular complexity index is 698. The van der Waals surface area contributed by atoms with E-state index in [1.165, 1.54) is 11.8 Å². The SMILES string of the molecule is C=C(Nc1ccccc1Cl)[C@@H]1Sc2ccccc2C1=O. The summed E-state index contributed by atoms with van der Waals surface area (Å²) in [5.74, 6) is 0.0927. The molecule has 1 aliphatic rings. The highest BCUT2D eigenvalue weighted by Gasteiger charge is 2.33. The van der Waals surface area contributed by atoms with Crippen LogP contribution in [-0.2, 0) is 0 Å².